The Labute approximate surface area is 118 Å². The first-order chi connectivity index (χ1) is 8.58. The molecule has 1 aliphatic heterocycles. The molecule has 0 spiro atoms. The monoisotopic (exact) mass is 308 g/mol. The van der Waals surface area contributed by atoms with Gasteiger partial charge >= 0.3 is 0 Å². The van der Waals surface area contributed by atoms with Gasteiger partial charge in [-0.1, -0.05) is 35.8 Å². The van der Waals surface area contributed by atoms with Crippen molar-refractivity contribution in [2.45, 2.75) is 31.7 Å². The summed E-state index contributed by atoms with van der Waals surface area (Å²) in [4.78, 5) is 2.65. The van der Waals surface area contributed by atoms with E-state index in [1.165, 1.54) is 29.5 Å². The molecule has 2 nitrogen and oxygen atoms in total. The molecule has 2 aliphatic rings. The molecule has 1 aromatic carbocycles. The smallest absolute Gasteiger partial charge is 0.0360 e. The Kier molecular flexibility index (Phi) is 3.25. The zero-order chi connectivity index (χ0) is 12.8. The molecule has 0 aromatic heterocycles. The molecule has 98 valence electrons. The Morgan fingerprint density at radius 3 is 2.72 bits per heavy atom. The SMILES string of the molecule is CC1(C)C[C@H](N2CCNCC2)c2ccc(Br)cc21. The molecule has 1 aliphatic carbocycles. The fourth-order valence-electron chi connectivity index (χ4n) is 3.43. The molecule has 1 fully saturated rings. The predicted octanol–water partition coefficient (Wildman–Crippen LogP) is 3.08. The lowest BCUT2D eigenvalue weighted by Gasteiger charge is -2.34. The predicted molar refractivity (Wildman–Crippen MR) is 79.0 cm³/mol. The number of fused-ring (bicyclic) bond motifs is 1. The minimum atomic E-state index is 0.300. The van der Waals surface area contributed by atoms with E-state index in [1.54, 1.807) is 5.56 Å². The summed E-state index contributed by atoms with van der Waals surface area (Å²) in [6.45, 7) is 9.36. The average Bonchev–Trinajstić information content (AvgIpc) is 2.63. The van der Waals surface area contributed by atoms with E-state index in [1.807, 2.05) is 0 Å². The summed E-state index contributed by atoms with van der Waals surface area (Å²) in [7, 11) is 0. The van der Waals surface area contributed by atoms with Crippen LogP contribution in [0.5, 0.6) is 0 Å². The van der Waals surface area contributed by atoms with E-state index in [2.05, 4.69) is 58.2 Å². The number of nitrogens with one attached hydrogen (secondary N) is 1. The van der Waals surface area contributed by atoms with Crippen molar-refractivity contribution in [2.24, 2.45) is 0 Å². The second kappa shape index (κ2) is 4.62. The molecule has 0 radical (unpaired) electrons. The fraction of sp³-hybridized carbons (Fsp3) is 0.600. The number of piperazine rings is 1. The Bertz CT molecular complexity index is 450. The molecule has 1 saturated heterocycles. The molecule has 1 N–H and O–H groups in total. The molecule has 0 amide bonds. The molecule has 1 aromatic rings. The second-order valence-electron chi connectivity index (χ2n) is 6.12. The number of rotatable bonds is 1. The molecule has 18 heavy (non-hydrogen) atoms. The minimum Gasteiger partial charge on any atom is -0.314 e. The highest BCUT2D eigenvalue weighted by atomic mass is 79.9. The first kappa shape index (κ1) is 12.6. The topological polar surface area (TPSA) is 15.3 Å². The number of benzene rings is 1. The van der Waals surface area contributed by atoms with Gasteiger partial charge in [0.2, 0.25) is 0 Å². The van der Waals surface area contributed by atoms with Crippen LogP contribution in [0.3, 0.4) is 0 Å². The Balaban J connectivity index is 1.96. The van der Waals surface area contributed by atoms with Crippen LogP contribution in [-0.2, 0) is 5.41 Å². The van der Waals surface area contributed by atoms with Gasteiger partial charge in [-0.15, -0.1) is 0 Å². The summed E-state index contributed by atoms with van der Waals surface area (Å²) in [5, 5.41) is 3.44. The van der Waals surface area contributed by atoms with Crippen LogP contribution < -0.4 is 5.32 Å². The average molecular weight is 309 g/mol. The van der Waals surface area contributed by atoms with Gasteiger partial charge in [-0.25, -0.2) is 0 Å². The van der Waals surface area contributed by atoms with Crippen LogP contribution in [0.25, 0.3) is 0 Å². The zero-order valence-electron chi connectivity index (χ0n) is 11.2. The van der Waals surface area contributed by atoms with Crippen molar-refractivity contribution in [2.75, 3.05) is 26.2 Å². The van der Waals surface area contributed by atoms with Crippen LogP contribution in [0, 0.1) is 0 Å². The summed E-state index contributed by atoms with van der Waals surface area (Å²) in [5.74, 6) is 0. The van der Waals surface area contributed by atoms with E-state index in [-0.39, 0.29) is 0 Å². The summed E-state index contributed by atoms with van der Waals surface area (Å²) in [5.41, 5.74) is 3.37. The number of halogens is 1. The standard InChI is InChI=1S/C15H21BrN2/c1-15(2)10-14(18-7-5-17-6-8-18)12-4-3-11(16)9-13(12)15/h3-4,9,14,17H,5-8,10H2,1-2H3/t14-/m0/s1. The summed E-state index contributed by atoms with van der Waals surface area (Å²) in [6, 6.07) is 7.44. The Morgan fingerprint density at radius 2 is 2.00 bits per heavy atom. The van der Waals surface area contributed by atoms with Crippen molar-refractivity contribution in [1.82, 2.24) is 10.2 Å². The van der Waals surface area contributed by atoms with Crippen molar-refractivity contribution in [1.29, 1.82) is 0 Å². The maximum Gasteiger partial charge on any atom is 0.0360 e. The van der Waals surface area contributed by atoms with Crippen molar-refractivity contribution < 1.29 is 0 Å². The van der Waals surface area contributed by atoms with Gasteiger partial charge in [0, 0.05) is 36.7 Å². The summed E-state index contributed by atoms with van der Waals surface area (Å²) >= 11 is 3.61. The second-order valence-corrected chi connectivity index (χ2v) is 7.04. The van der Waals surface area contributed by atoms with E-state index in [0.717, 1.165) is 13.1 Å². The number of nitrogens with zero attached hydrogens (tertiary/aromatic N) is 1. The molecule has 3 rings (SSSR count). The molecule has 1 heterocycles. The maximum absolute atomic E-state index is 3.61. The molecular weight excluding hydrogens is 288 g/mol. The zero-order valence-corrected chi connectivity index (χ0v) is 12.8. The lowest BCUT2D eigenvalue weighted by molar-refractivity contribution is 0.161. The van der Waals surface area contributed by atoms with Crippen molar-refractivity contribution >= 4 is 15.9 Å². The van der Waals surface area contributed by atoms with Crippen molar-refractivity contribution in [3.05, 3.63) is 33.8 Å². The van der Waals surface area contributed by atoms with Crippen LogP contribution in [0.15, 0.2) is 22.7 Å². The van der Waals surface area contributed by atoms with Crippen LogP contribution in [0.1, 0.15) is 37.4 Å². The first-order valence-corrected chi connectivity index (χ1v) is 7.62. The molecule has 0 bridgehead atoms. The van der Waals surface area contributed by atoms with Gasteiger partial charge in [-0.2, -0.15) is 0 Å². The summed E-state index contributed by atoms with van der Waals surface area (Å²) < 4.78 is 1.20. The quantitative estimate of drug-likeness (QED) is 0.858. The lowest BCUT2D eigenvalue weighted by atomic mass is 9.86. The highest BCUT2D eigenvalue weighted by molar-refractivity contribution is 9.10. The van der Waals surface area contributed by atoms with E-state index in [9.17, 15) is 0 Å². The number of hydrogen-bond acceptors (Lipinski definition) is 2. The van der Waals surface area contributed by atoms with Gasteiger partial charge in [0.1, 0.15) is 0 Å². The molecule has 3 heteroatoms. The third-order valence-electron chi connectivity index (χ3n) is 4.40. The number of hydrogen-bond donors (Lipinski definition) is 1. The van der Waals surface area contributed by atoms with Gasteiger partial charge in [-0.05, 0) is 35.1 Å². The highest BCUT2D eigenvalue weighted by Crippen LogP contribution is 2.47. The molecular formula is C15H21BrN2. The molecule has 0 saturated carbocycles. The Morgan fingerprint density at radius 1 is 1.28 bits per heavy atom. The summed E-state index contributed by atoms with van der Waals surface area (Å²) in [6.07, 6.45) is 1.25. The normalized spacial score (nSPS) is 27.2. The van der Waals surface area contributed by atoms with Gasteiger partial charge in [0.25, 0.3) is 0 Å². The van der Waals surface area contributed by atoms with Gasteiger partial charge in [0.15, 0.2) is 0 Å². The molecule has 1 atom stereocenters. The van der Waals surface area contributed by atoms with E-state index in [0.29, 0.717) is 11.5 Å². The fourth-order valence-corrected chi connectivity index (χ4v) is 3.79. The maximum atomic E-state index is 3.61. The minimum absolute atomic E-state index is 0.300. The third-order valence-corrected chi connectivity index (χ3v) is 4.89. The van der Waals surface area contributed by atoms with Crippen molar-refractivity contribution in [3.8, 4) is 0 Å². The van der Waals surface area contributed by atoms with Crippen LogP contribution in [0.2, 0.25) is 0 Å². The van der Waals surface area contributed by atoms with Crippen molar-refractivity contribution in [3.63, 3.8) is 0 Å². The van der Waals surface area contributed by atoms with Gasteiger partial charge in [-0.3, -0.25) is 4.90 Å². The largest absolute Gasteiger partial charge is 0.314 e. The third kappa shape index (κ3) is 2.13. The van der Waals surface area contributed by atoms with E-state index < -0.39 is 0 Å². The highest BCUT2D eigenvalue weighted by Gasteiger charge is 2.39. The lowest BCUT2D eigenvalue weighted by Crippen LogP contribution is -2.44. The first-order valence-electron chi connectivity index (χ1n) is 6.83. The Hall–Kier alpha value is -0.380. The van der Waals surface area contributed by atoms with E-state index in [4.69, 9.17) is 0 Å². The van der Waals surface area contributed by atoms with Crippen LogP contribution >= 0.6 is 15.9 Å². The van der Waals surface area contributed by atoms with Crippen LogP contribution in [-0.4, -0.2) is 31.1 Å². The van der Waals surface area contributed by atoms with Gasteiger partial charge < -0.3 is 5.32 Å². The van der Waals surface area contributed by atoms with Gasteiger partial charge in [0.05, 0.1) is 0 Å². The molecule has 0 unspecified atom stereocenters. The van der Waals surface area contributed by atoms with Crippen LogP contribution in [0.4, 0.5) is 0 Å². The van der Waals surface area contributed by atoms with E-state index >= 15 is 0 Å².